The summed E-state index contributed by atoms with van der Waals surface area (Å²) in [6.45, 7) is 3.18. The minimum Gasteiger partial charge on any atom is -0.383 e. The van der Waals surface area contributed by atoms with Crippen LogP contribution in [0, 0.1) is 11.2 Å². The largest absolute Gasteiger partial charge is 0.383 e. The number of methoxy groups -OCH3 is 1. The number of hydrogen-bond donors (Lipinski definition) is 1. The second-order valence-corrected chi connectivity index (χ2v) is 7.13. The van der Waals surface area contributed by atoms with Crippen LogP contribution >= 0.6 is 0 Å². The number of likely N-dealkylation sites (tertiary alicyclic amines) is 2. The summed E-state index contributed by atoms with van der Waals surface area (Å²) < 4.78 is 18.3. The molecule has 0 aromatic heterocycles. The van der Waals surface area contributed by atoms with Gasteiger partial charge in [-0.1, -0.05) is 12.1 Å². The molecule has 2 aliphatic rings. The first-order valence-corrected chi connectivity index (χ1v) is 9.10. The minimum atomic E-state index is -0.456. The normalized spacial score (nSPS) is 22.9. The van der Waals surface area contributed by atoms with Gasteiger partial charge >= 0.3 is 6.03 Å². The van der Waals surface area contributed by atoms with Crippen LogP contribution in [-0.4, -0.2) is 61.6 Å². The van der Waals surface area contributed by atoms with Crippen LogP contribution in [0.5, 0.6) is 0 Å². The molecule has 1 spiro atoms. The van der Waals surface area contributed by atoms with E-state index in [1.165, 1.54) is 12.1 Å². The first-order valence-electron chi connectivity index (χ1n) is 9.10. The van der Waals surface area contributed by atoms with Crippen molar-refractivity contribution in [1.29, 1.82) is 0 Å². The highest BCUT2D eigenvalue weighted by Gasteiger charge is 2.49. The molecule has 0 unspecified atom stereocenters. The molecule has 26 heavy (non-hydrogen) atoms. The molecule has 2 aliphatic heterocycles. The van der Waals surface area contributed by atoms with Crippen molar-refractivity contribution in [1.82, 2.24) is 15.1 Å². The summed E-state index contributed by atoms with van der Waals surface area (Å²) in [5.41, 5.74) is 0.258. The van der Waals surface area contributed by atoms with E-state index in [0.29, 0.717) is 38.2 Å². The molecular formula is C19H26FN3O3. The average molecular weight is 363 g/mol. The van der Waals surface area contributed by atoms with Crippen LogP contribution in [0.3, 0.4) is 0 Å². The predicted molar refractivity (Wildman–Crippen MR) is 94.9 cm³/mol. The fraction of sp³-hybridized carbons (Fsp3) is 0.579. The summed E-state index contributed by atoms with van der Waals surface area (Å²) in [6, 6.07) is 5.97. The van der Waals surface area contributed by atoms with E-state index < -0.39 is 5.41 Å². The third-order valence-electron chi connectivity index (χ3n) is 5.36. The van der Waals surface area contributed by atoms with Crippen LogP contribution in [0.2, 0.25) is 0 Å². The quantitative estimate of drug-likeness (QED) is 0.870. The maximum absolute atomic E-state index is 13.2. The van der Waals surface area contributed by atoms with Crippen molar-refractivity contribution in [2.24, 2.45) is 5.41 Å². The Morgan fingerprint density at radius 1 is 1.35 bits per heavy atom. The fourth-order valence-electron chi connectivity index (χ4n) is 3.93. The Hall–Kier alpha value is -2.15. The molecule has 0 saturated carbocycles. The van der Waals surface area contributed by atoms with Crippen molar-refractivity contribution in [3.63, 3.8) is 0 Å². The molecule has 0 radical (unpaired) electrons. The van der Waals surface area contributed by atoms with Gasteiger partial charge in [0.25, 0.3) is 0 Å². The molecule has 1 atom stereocenters. The van der Waals surface area contributed by atoms with Gasteiger partial charge in [0.05, 0.1) is 12.0 Å². The molecule has 0 aliphatic carbocycles. The predicted octanol–water partition coefficient (Wildman–Crippen LogP) is 2.00. The first kappa shape index (κ1) is 18.6. The van der Waals surface area contributed by atoms with E-state index in [2.05, 4.69) is 5.32 Å². The van der Waals surface area contributed by atoms with E-state index in [-0.39, 0.29) is 24.3 Å². The number of nitrogens with zero attached hydrogens (tertiary/aromatic N) is 2. The molecule has 3 rings (SSSR count). The standard InChI is InChI=1S/C19H26FN3O3/c1-26-11-10-22-8-3-6-19(17(22)24)7-9-23(14-19)18(25)21-13-15-4-2-5-16(20)12-15/h2,4-5,12H,3,6-11,13-14H2,1H3,(H,21,25)/t19-/m1/s1. The number of carbonyl (C=O) groups is 2. The smallest absolute Gasteiger partial charge is 0.317 e. The van der Waals surface area contributed by atoms with E-state index in [4.69, 9.17) is 4.74 Å². The number of hydrogen-bond acceptors (Lipinski definition) is 3. The van der Waals surface area contributed by atoms with Crippen LogP contribution in [0.15, 0.2) is 24.3 Å². The number of ether oxygens (including phenoxy) is 1. The number of carbonyl (C=O) groups excluding carboxylic acids is 2. The Balaban J connectivity index is 1.56. The van der Waals surface area contributed by atoms with Gasteiger partial charge in [-0.25, -0.2) is 9.18 Å². The highest BCUT2D eigenvalue weighted by Crippen LogP contribution is 2.40. The Morgan fingerprint density at radius 3 is 2.96 bits per heavy atom. The van der Waals surface area contributed by atoms with E-state index in [0.717, 1.165) is 19.4 Å². The zero-order valence-corrected chi connectivity index (χ0v) is 15.2. The van der Waals surface area contributed by atoms with Crippen LogP contribution in [0.4, 0.5) is 9.18 Å². The van der Waals surface area contributed by atoms with Gasteiger partial charge < -0.3 is 19.9 Å². The lowest BCUT2D eigenvalue weighted by atomic mass is 9.78. The third-order valence-corrected chi connectivity index (χ3v) is 5.36. The summed E-state index contributed by atoms with van der Waals surface area (Å²) in [4.78, 5) is 28.9. The molecule has 1 aromatic carbocycles. The van der Waals surface area contributed by atoms with Gasteiger partial charge in [0.1, 0.15) is 5.82 Å². The van der Waals surface area contributed by atoms with Gasteiger partial charge in [0.2, 0.25) is 5.91 Å². The van der Waals surface area contributed by atoms with Gasteiger partial charge in [0, 0.05) is 39.8 Å². The monoisotopic (exact) mass is 363 g/mol. The lowest BCUT2D eigenvalue weighted by Crippen LogP contribution is -2.51. The Morgan fingerprint density at radius 2 is 2.19 bits per heavy atom. The molecule has 3 amide bonds. The van der Waals surface area contributed by atoms with Crippen LogP contribution < -0.4 is 5.32 Å². The number of halogens is 1. The zero-order chi connectivity index (χ0) is 18.6. The number of rotatable bonds is 5. The topological polar surface area (TPSA) is 61.9 Å². The molecule has 1 aromatic rings. The Labute approximate surface area is 153 Å². The molecule has 2 saturated heterocycles. The van der Waals surface area contributed by atoms with Crippen molar-refractivity contribution in [3.05, 3.63) is 35.6 Å². The van der Waals surface area contributed by atoms with Crippen LogP contribution in [0.1, 0.15) is 24.8 Å². The number of piperidine rings is 1. The molecular weight excluding hydrogens is 337 g/mol. The number of amides is 3. The summed E-state index contributed by atoms with van der Waals surface area (Å²) in [7, 11) is 1.63. The Kier molecular flexibility index (Phi) is 5.76. The molecule has 0 bridgehead atoms. The summed E-state index contributed by atoms with van der Waals surface area (Å²) >= 11 is 0. The molecule has 142 valence electrons. The van der Waals surface area contributed by atoms with E-state index in [1.807, 2.05) is 4.90 Å². The van der Waals surface area contributed by atoms with Gasteiger partial charge in [-0.3, -0.25) is 4.79 Å². The van der Waals surface area contributed by atoms with Crippen molar-refractivity contribution < 1.29 is 18.7 Å². The minimum absolute atomic E-state index is 0.140. The highest BCUT2D eigenvalue weighted by atomic mass is 19.1. The molecule has 2 fully saturated rings. The van der Waals surface area contributed by atoms with Crippen LogP contribution in [0.25, 0.3) is 0 Å². The lowest BCUT2D eigenvalue weighted by molar-refractivity contribution is -0.146. The van der Waals surface area contributed by atoms with Gasteiger partial charge in [-0.15, -0.1) is 0 Å². The number of urea groups is 1. The van der Waals surface area contributed by atoms with Gasteiger partial charge in [-0.2, -0.15) is 0 Å². The van der Waals surface area contributed by atoms with Gasteiger partial charge in [0.15, 0.2) is 0 Å². The second kappa shape index (κ2) is 8.03. The number of benzene rings is 1. The van der Waals surface area contributed by atoms with E-state index >= 15 is 0 Å². The van der Waals surface area contributed by atoms with Crippen molar-refractivity contribution >= 4 is 11.9 Å². The lowest BCUT2D eigenvalue weighted by Gasteiger charge is -2.39. The Bertz CT molecular complexity index is 669. The summed E-state index contributed by atoms with van der Waals surface area (Å²) in [5.74, 6) is -0.179. The number of nitrogens with one attached hydrogen (secondary N) is 1. The van der Waals surface area contributed by atoms with E-state index in [9.17, 15) is 14.0 Å². The average Bonchev–Trinajstić information content (AvgIpc) is 3.06. The van der Waals surface area contributed by atoms with Crippen molar-refractivity contribution in [3.8, 4) is 0 Å². The molecule has 6 nitrogen and oxygen atoms in total. The zero-order valence-electron chi connectivity index (χ0n) is 15.2. The molecule has 2 heterocycles. The van der Waals surface area contributed by atoms with E-state index in [1.54, 1.807) is 24.1 Å². The SMILES string of the molecule is COCCN1CCC[C@]2(CCN(C(=O)NCc3cccc(F)c3)C2)C1=O. The second-order valence-electron chi connectivity index (χ2n) is 7.13. The van der Waals surface area contributed by atoms with Crippen LogP contribution in [-0.2, 0) is 16.1 Å². The first-order chi connectivity index (χ1) is 12.5. The van der Waals surface area contributed by atoms with Crippen molar-refractivity contribution in [2.45, 2.75) is 25.8 Å². The molecule has 7 heteroatoms. The highest BCUT2D eigenvalue weighted by molar-refractivity contribution is 5.85. The summed E-state index contributed by atoms with van der Waals surface area (Å²) in [5, 5.41) is 2.83. The maximum Gasteiger partial charge on any atom is 0.317 e. The maximum atomic E-state index is 13.2. The van der Waals surface area contributed by atoms with Crippen molar-refractivity contribution in [2.75, 3.05) is 39.9 Å². The third kappa shape index (κ3) is 3.98. The summed E-state index contributed by atoms with van der Waals surface area (Å²) in [6.07, 6.45) is 2.47. The fourth-order valence-corrected chi connectivity index (χ4v) is 3.93. The molecule has 1 N–H and O–H groups in total. The van der Waals surface area contributed by atoms with Gasteiger partial charge in [-0.05, 0) is 37.0 Å².